The van der Waals surface area contributed by atoms with E-state index >= 15 is 0 Å². The maximum absolute atomic E-state index is 11.2. The van der Waals surface area contributed by atoms with E-state index in [1.54, 1.807) is 0 Å². The average Bonchev–Trinajstić information content (AvgIpc) is 2.22. The fraction of sp³-hybridized carbons (Fsp3) is 0.385. The number of carbonyl (C=O) groups is 1. The molecule has 0 aliphatic rings. The molecule has 0 bridgehead atoms. The third-order valence-electron chi connectivity index (χ3n) is 2.53. The molecule has 0 saturated carbocycles. The minimum absolute atomic E-state index is 0.0150. The maximum Gasteiger partial charge on any atom is 0.175 e. The lowest BCUT2D eigenvalue weighted by Crippen LogP contribution is -2.11. The number of nitrogens with one attached hydrogen (secondary N) is 1. The van der Waals surface area contributed by atoms with Gasteiger partial charge in [0.15, 0.2) is 5.78 Å². The predicted octanol–water partition coefficient (Wildman–Crippen LogP) is 3.07. The minimum atomic E-state index is 0.0150. The summed E-state index contributed by atoms with van der Waals surface area (Å²) in [5, 5.41) is 4.15. The smallest absolute Gasteiger partial charge is 0.175 e. The lowest BCUT2D eigenvalue weighted by Gasteiger charge is -2.09. The molecule has 0 fully saturated rings. The molecule has 0 aliphatic carbocycles. The number of rotatable bonds is 4. The molecule has 0 aliphatic heterocycles. The Morgan fingerprint density at radius 1 is 1.31 bits per heavy atom. The van der Waals surface area contributed by atoms with Crippen molar-refractivity contribution in [3.05, 3.63) is 29.3 Å². The Labute approximate surface area is 96.6 Å². The standard InChI is InChI=1S/C13H18N2O/c1-5-12(11(4)16)14-15-13-9(2)7-6-8-10(13)3/h6-8,15H,5H2,1-4H3/b14-12-. The Balaban J connectivity index is 2.93. The van der Waals surface area contributed by atoms with Gasteiger partial charge in [-0.15, -0.1) is 0 Å². The van der Waals surface area contributed by atoms with E-state index in [1.807, 2.05) is 39.0 Å². The van der Waals surface area contributed by atoms with Gasteiger partial charge in [0.2, 0.25) is 0 Å². The van der Waals surface area contributed by atoms with Crippen LogP contribution in [-0.4, -0.2) is 11.5 Å². The number of hydrazone groups is 1. The molecule has 1 rings (SSSR count). The molecule has 16 heavy (non-hydrogen) atoms. The van der Waals surface area contributed by atoms with E-state index in [0.29, 0.717) is 12.1 Å². The van der Waals surface area contributed by atoms with Crippen LogP contribution in [0.25, 0.3) is 0 Å². The second-order valence-electron chi connectivity index (χ2n) is 3.85. The number of Topliss-reactive ketones (excluding diaryl/α,β-unsaturated/α-hetero) is 1. The fourth-order valence-electron chi connectivity index (χ4n) is 1.52. The van der Waals surface area contributed by atoms with Crippen molar-refractivity contribution in [3.8, 4) is 0 Å². The number of carbonyl (C=O) groups excluding carboxylic acids is 1. The number of nitrogens with zero attached hydrogens (tertiary/aromatic N) is 1. The quantitative estimate of drug-likeness (QED) is 0.623. The van der Waals surface area contributed by atoms with Crippen LogP contribution in [0.15, 0.2) is 23.3 Å². The van der Waals surface area contributed by atoms with Crippen LogP contribution in [-0.2, 0) is 4.79 Å². The van der Waals surface area contributed by atoms with Crippen molar-refractivity contribution in [2.45, 2.75) is 34.1 Å². The van der Waals surface area contributed by atoms with E-state index in [0.717, 1.165) is 16.8 Å². The van der Waals surface area contributed by atoms with E-state index in [4.69, 9.17) is 0 Å². The first-order chi connectivity index (χ1) is 7.56. The van der Waals surface area contributed by atoms with Gasteiger partial charge in [-0.3, -0.25) is 10.2 Å². The topological polar surface area (TPSA) is 41.5 Å². The van der Waals surface area contributed by atoms with Crippen molar-refractivity contribution in [2.24, 2.45) is 5.10 Å². The first-order valence-electron chi connectivity index (χ1n) is 5.46. The number of hydrogen-bond acceptors (Lipinski definition) is 3. The van der Waals surface area contributed by atoms with Crippen LogP contribution >= 0.6 is 0 Å². The van der Waals surface area contributed by atoms with Crippen molar-refractivity contribution < 1.29 is 4.79 Å². The van der Waals surface area contributed by atoms with Crippen molar-refractivity contribution in [1.82, 2.24) is 0 Å². The number of aryl methyl sites for hydroxylation is 2. The normalized spacial score (nSPS) is 11.4. The molecule has 0 spiro atoms. The molecule has 0 saturated heterocycles. The molecule has 0 atom stereocenters. The number of para-hydroxylation sites is 1. The summed E-state index contributed by atoms with van der Waals surface area (Å²) >= 11 is 0. The van der Waals surface area contributed by atoms with Gasteiger partial charge in [0.05, 0.1) is 5.69 Å². The molecule has 86 valence electrons. The number of benzene rings is 1. The summed E-state index contributed by atoms with van der Waals surface area (Å²) in [7, 11) is 0. The first-order valence-corrected chi connectivity index (χ1v) is 5.46. The largest absolute Gasteiger partial charge is 0.293 e. The van der Waals surface area contributed by atoms with Crippen LogP contribution in [0.2, 0.25) is 0 Å². The average molecular weight is 218 g/mol. The van der Waals surface area contributed by atoms with E-state index in [9.17, 15) is 4.79 Å². The highest BCUT2D eigenvalue weighted by molar-refractivity contribution is 6.38. The van der Waals surface area contributed by atoms with Crippen LogP contribution < -0.4 is 5.43 Å². The van der Waals surface area contributed by atoms with E-state index in [-0.39, 0.29) is 5.78 Å². The van der Waals surface area contributed by atoms with Crippen LogP contribution in [0, 0.1) is 13.8 Å². The molecule has 1 aromatic carbocycles. The van der Waals surface area contributed by atoms with Crippen LogP contribution in [0.1, 0.15) is 31.4 Å². The highest BCUT2D eigenvalue weighted by atomic mass is 16.1. The summed E-state index contributed by atoms with van der Waals surface area (Å²) in [6.45, 7) is 7.50. The molecule has 1 aromatic rings. The van der Waals surface area contributed by atoms with Gasteiger partial charge in [-0.05, 0) is 31.4 Å². The Kier molecular flexibility index (Phi) is 4.23. The molecule has 0 aromatic heterocycles. The molecule has 0 heterocycles. The Bertz CT molecular complexity index is 402. The molecule has 0 unspecified atom stereocenters. The van der Waals surface area contributed by atoms with E-state index < -0.39 is 0 Å². The molecule has 3 heteroatoms. The zero-order valence-corrected chi connectivity index (χ0v) is 10.3. The molecular weight excluding hydrogens is 200 g/mol. The van der Waals surface area contributed by atoms with E-state index in [1.165, 1.54) is 6.92 Å². The van der Waals surface area contributed by atoms with E-state index in [2.05, 4.69) is 10.5 Å². The van der Waals surface area contributed by atoms with Crippen molar-refractivity contribution in [3.63, 3.8) is 0 Å². The third-order valence-corrected chi connectivity index (χ3v) is 2.53. The van der Waals surface area contributed by atoms with Crippen LogP contribution in [0.3, 0.4) is 0 Å². The lowest BCUT2D eigenvalue weighted by atomic mass is 10.1. The van der Waals surface area contributed by atoms with Gasteiger partial charge >= 0.3 is 0 Å². The summed E-state index contributed by atoms with van der Waals surface area (Å²) in [6.07, 6.45) is 0.646. The highest BCUT2D eigenvalue weighted by Crippen LogP contribution is 2.19. The van der Waals surface area contributed by atoms with Gasteiger partial charge < -0.3 is 0 Å². The second kappa shape index (κ2) is 5.45. The minimum Gasteiger partial charge on any atom is -0.293 e. The SMILES string of the molecule is CC/C(=N/Nc1c(C)cccc1C)C(C)=O. The van der Waals surface area contributed by atoms with Crippen molar-refractivity contribution in [2.75, 3.05) is 5.43 Å². The van der Waals surface area contributed by atoms with Crippen LogP contribution in [0.4, 0.5) is 5.69 Å². The lowest BCUT2D eigenvalue weighted by molar-refractivity contribution is -0.111. The molecular formula is C13H18N2O. The highest BCUT2D eigenvalue weighted by Gasteiger charge is 2.04. The first kappa shape index (κ1) is 12.4. The zero-order valence-electron chi connectivity index (χ0n) is 10.3. The second-order valence-corrected chi connectivity index (χ2v) is 3.85. The number of anilines is 1. The Hall–Kier alpha value is -1.64. The molecule has 0 amide bonds. The third kappa shape index (κ3) is 2.92. The van der Waals surface area contributed by atoms with Gasteiger partial charge in [-0.1, -0.05) is 25.1 Å². The van der Waals surface area contributed by atoms with Crippen LogP contribution in [0.5, 0.6) is 0 Å². The fourth-order valence-corrected chi connectivity index (χ4v) is 1.52. The summed E-state index contributed by atoms with van der Waals surface area (Å²) in [5.74, 6) is 0.0150. The summed E-state index contributed by atoms with van der Waals surface area (Å²) in [4.78, 5) is 11.2. The maximum atomic E-state index is 11.2. The van der Waals surface area contributed by atoms with Gasteiger partial charge in [0.1, 0.15) is 5.71 Å². The van der Waals surface area contributed by atoms with Crippen molar-refractivity contribution >= 4 is 17.2 Å². The molecule has 0 radical (unpaired) electrons. The monoisotopic (exact) mass is 218 g/mol. The number of hydrogen-bond donors (Lipinski definition) is 1. The van der Waals surface area contributed by atoms with Gasteiger partial charge in [0.25, 0.3) is 0 Å². The summed E-state index contributed by atoms with van der Waals surface area (Å²) < 4.78 is 0. The van der Waals surface area contributed by atoms with Gasteiger partial charge in [0, 0.05) is 6.92 Å². The summed E-state index contributed by atoms with van der Waals surface area (Å²) in [6, 6.07) is 6.04. The van der Waals surface area contributed by atoms with Gasteiger partial charge in [-0.2, -0.15) is 5.10 Å². The zero-order chi connectivity index (χ0) is 12.1. The number of ketones is 1. The predicted molar refractivity (Wildman–Crippen MR) is 67.9 cm³/mol. The van der Waals surface area contributed by atoms with Gasteiger partial charge in [-0.25, -0.2) is 0 Å². The summed E-state index contributed by atoms with van der Waals surface area (Å²) in [5.41, 5.74) is 6.79. The Morgan fingerprint density at radius 3 is 2.31 bits per heavy atom. The Morgan fingerprint density at radius 2 is 1.88 bits per heavy atom. The molecule has 1 N–H and O–H groups in total. The van der Waals surface area contributed by atoms with Crippen molar-refractivity contribution in [1.29, 1.82) is 0 Å². The molecule has 3 nitrogen and oxygen atoms in total.